The minimum atomic E-state index is 0.600. The molecule has 0 radical (unpaired) electrons. The van der Waals surface area contributed by atoms with Crippen LogP contribution < -0.4 is 10.9 Å². The van der Waals surface area contributed by atoms with Crippen LogP contribution in [0, 0.1) is 0 Å². The van der Waals surface area contributed by atoms with Crippen LogP contribution in [-0.4, -0.2) is 12.7 Å². The molecule has 12 heavy (non-hydrogen) atoms. The first-order valence-corrected chi connectivity index (χ1v) is 4.68. The molecule has 4 heteroatoms. The van der Waals surface area contributed by atoms with Gasteiger partial charge in [0.15, 0.2) is 0 Å². The zero-order chi connectivity index (χ0) is 8.81. The number of nitrogens with one attached hydrogen (secondary N) is 2. The van der Waals surface area contributed by atoms with E-state index in [4.69, 9.17) is 0 Å². The fourth-order valence-corrected chi connectivity index (χ4v) is 1.20. The van der Waals surface area contributed by atoms with Gasteiger partial charge in [0.2, 0.25) is 6.41 Å². The van der Waals surface area contributed by atoms with E-state index in [9.17, 15) is 4.79 Å². The summed E-state index contributed by atoms with van der Waals surface area (Å²) in [5.74, 6) is 0. The molecule has 1 amide bonds. The minimum absolute atomic E-state index is 0.600. The van der Waals surface area contributed by atoms with Gasteiger partial charge in [0.05, 0.1) is 5.69 Å². The standard InChI is InChI=1S/C8H10N2OS/c1-12-8-4-2-7(3-5-8)10-9-6-11/h2-6,10H,1H3,(H,9,11). The van der Waals surface area contributed by atoms with Crippen molar-refractivity contribution in [1.82, 2.24) is 5.43 Å². The molecule has 1 aromatic rings. The average Bonchev–Trinajstić information content (AvgIpc) is 2.15. The van der Waals surface area contributed by atoms with Crippen molar-refractivity contribution in [2.45, 2.75) is 4.90 Å². The van der Waals surface area contributed by atoms with Crippen LogP contribution in [0.25, 0.3) is 0 Å². The summed E-state index contributed by atoms with van der Waals surface area (Å²) in [6, 6.07) is 7.78. The number of hydrogen-bond acceptors (Lipinski definition) is 3. The maximum Gasteiger partial charge on any atom is 0.225 e. The summed E-state index contributed by atoms with van der Waals surface area (Å²) in [5.41, 5.74) is 5.96. The summed E-state index contributed by atoms with van der Waals surface area (Å²) in [6.07, 6.45) is 2.62. The lowest BCUT2D eigenvalue weighted by atomic mass is 10.3. The van der Waals surface area contributed by atoms with Gasteiger partial charge in [0.25, 0.3) is 0 Å². The van der Waals surface area contributed by atoms with Crippen molar-refractivity contribution in [3.05, 3.63) is 24.3 Å². The molecule has 0 unspecified atom stereocenters. The summed E-state index contributed by atoms with van der Waals surface area (Å²) in [7, 11) is 0. The van der Waals surface area contributed by atoms with E-state index in [0.717, 1.165) is 5.69 Å². The van der Waals surface area contributed by atoms with E-state index in [2.05, 4.69) is 10.9 Å². The van der Waals surface area contributed by atoms with Crippen molar-refractivity contribution in [2.24, 2.45) is 0 Å². The van der Waals surface area contributed by atoms with E-state index in [1.165, 1.54) is 4.90 Å². The Morgan fingerprint density at radius 3 is 2.50 bits per heavy atom. The Hall–Kier alpha value is -1.16. The molecule has 1 rings (SSSR count). The van der Waals surface area contributed by atoms with Gasteiger partial charge in [-0.25, -0.2) is 0 Å². The van der Waals surface area contributed by atoms with Gasteiger partial charge >= 0.3 is 0 Å². The molecule has 0 aliphatic heterocycles. The SMILES string of the molecule is CSc1ccc(NNC=O)cc1. The number of benzene rings is 1. The largest absolute Gasteiger partial charge is 0.299 e. The van der Waals surface area contributed by atoms with Crippen LogP contribution in [0.1, 0.15) is 0 Å². The predicted octanol–water partition coefficient (Wildman–Crippen LogP) is 1.48. The molecule has 0 aliphatic rings. The minimum Gasteiger partial charge on any atom is -0.299 e. The zero-order valence-electron chi connectivity index (χ0n) is 6.70. The molecule has 0 bridgehead atoms. The Balaban J connectivity index is 2.58. The Morgan fingerprint density at radius 1 is 1.33 bits per heavy atom. The average molecular weight is 182 g/mol. The number of carbonyl (C=O) groups excluding carboxylic acids is 1. The summed E-state index contributed by atoms with van der Waals surface area (Å²) in [6.45, 7) is 0. The molecule has 0 saturated carbocycles. The van der Waals surface area contributed by atoms with E-state index in [1.54, 1.807) is 11.8 Å². The second-order valence-electron chi connectivity index (χ2n) is 2.12. The smallest absolute Gasteiger partial charge is 0.225 e. The van der Waals surface area contributed by atoms with E-state index in [0.29, 0.717) is 6.41 Å². The number of thioether (sulfide) groups is 1. The van der Waals surface area contributed by atoms with E-state index in [-0.39, 0.29) is 0 Å². The lowest BCUT2D eigenvalue weighted by Crippen LogP contribution is -2.18. The first kappa shape index (κ1) is 8.93. The normalized spacial score (nSPS) is 9.08. The van der Waals surface area contributed by atoms with Crippen molar-refractivity contribution in [1.29, 1.82) is 0 Å². The lowest BCUT2D eigenvalue weighted by Gasteiger charge is -2.03. The number of carbonyl (C=O) groups is 1. The van der Waals surface area contributed by atoms with Crippen LogP contribution in [0.2, 0.25) is 0 Å². The number of hydrazine groups is 1. The Bertz CT molecular complexity index is 248. The van der Waals surface area contributed by atoms with Crippen LogP contribution in [0.15, 0.2) is 29.2 Å². The molecule has 0 aromatic heterocycles. The number of rotatable bonds is 4. The van der Waals surface area contributed by atoms with Gasteiger partial charge in [-0.3, -0.25) is 15.6 Å². The first-order valence-electron chi connectivity index (χ1n) is 3.46. The summed E-state index contributed by atoms with van der Waals surface area (Å²) in [4.78, 5) is 11.1. The van der Waals surface area contributed by atoms with Gasteiger partial charge in [-0.05, 0) is 30.5 Å². The highest BCUT2D eigenvalue weighted by atomic mass is 32.2. The Kier molecular flexibility index (Phi) is 3.47. The van der Waals surface area contributed by atoms with Crippen LogP contribution in [0.5, 0.6) is 0 Å². The fraction of sp³-hybridized carbons (Fsp3) is 0.125. The molecule has 1 aromatic carbocycles. The Morgan fingerprint density at radius 2 is 2.00 bits per heavy atom. The van der Waals surface area contributed by atoms with Gasteiger partial charge in [0.1, 0.15) is 0 Å². The van der Waals surface area contributed by atoms with E-state index >= 15 is 0 Å². The molecule has 0 spiro atoms. The quantitative estimate of drug-likeness (QED) is 0.421. The third-order valence-electron chi connectivity index (χ3n) is 1.37. The van der Waals surface area contributed by atoms with Gasteiger partial charge in [-0.2, -0.15) is 0 Å². The van der Waals surface area contributed by atoms with Gasteiger partial charge in [0, 0.05) is 4.90 Å². The number of anilines is 1. The topological polar surface area (TPSA) is 41.1 Å². The molecule has 0 heterocycles. The van der Waals surface area contributed by atoms with Gasteiger partial charge in [-0.1, -0.05) is 0 Å². The highest BCUT2D eigenvalue weighted by Gasteiger charge is 1.90. The second-order valence-corrected chi connectivity index (χ2v) is 3.00. The molecular weight excluding hydrogens is 172 g/mol. The maximum absolute atomic E-state index is 9.92. The Labute approximate surface area is 75.5 Å². The van der Waals surface area contributed by atoms with Crippen LogP contribution >= 0.6 is 11.8 Å². The van der Waals surface area contributed by atoms with Crippen molar-refractivity contribution in [3.63, 3.8) is 0 Å². The molecular formula is C8H10N2OS. The second kappa shape index (κ2) is 4.66. The van der Waals surface area contributed by atoms with Gasteiger partial charge < -0.3 is 0 Å². The predicted molar refractivity (Wildman–Crippen MR) is 51.0 cm³/mol. The van der Waals surface area contributed by atoms with Gasteiger partial charge in [-0.15, -0.1) is 11.8 Å². The molecule has 0 atom stereocenters. The van der Waals surface area contributed by atoms with Crippen LogP contribution in [0.4, 0.5) is 5.69 Å². The fourth-order valence-electron chi connectivity index (χ4n) is 0.787. The maximum atomic E-state index is 9.92. The van der Waals surface area contributed by atoms with E-state index in [1.807, 2.05) is 30.5 Å². The molecule has 64 valence electrons. The highest BCUT2D eigenvalue weighted by molar-refractivity contribution is 7.98. The van der Waals surface area contributed by atoms with E-state index < -0.39 is 0 Å². The van der Waals surface area contributed by atoms with Crippen molar-refractivity contribution in [2.75, 3.05) is 11.7 Å². The van der Waals surface area contributed by atoms with Crippen molar-refractivity contribution in [3.8, 4) is 0 Å². The molecule has 0 fully saturated rings. The van der Waals surface area contributed by atoms with Crippen molar-refractivity contribution < 1.29 is 4.79 Å². The summed E-state index contributed by atoms with van der Waals surface area (Å²) >= 11 is 1.68. The molecule has 0 saturated heterocycles. The third-order valence-corrected chi connectivity index (χ3v) is 2.11. The molecule has 0 aliphatic carbocycles. The zero-order valence-corrected chi connectivity index (χ0v) is 7.52. The number of hydrogen-bond donors (Lipinski definition) is 2. The van der Waals surface area contributed by atoms with Crippen LogP contribution in [0.3, 0.4) is 0 Å². The third kappa shape index (κ3) is 2.47. The number of amides is 1. The lowest BCUT2D eigenvalue weighted by molar-refractivity contribution is -0.109. The highest BCUT2D eigenvalue weighted by Crippen LogP contribution is 2.16. The van der Waals surface area contributed by atoms with Crippen LogP contribution in [-0.2, 0) is 4.79 Å². The van der Waals surface area contributed by atoms with Crippen molar-refractivity contribution >= 4 is 23.9 Å². The summed E-state index contributed by atoms with van der Waals surface area (Å²) < 4.78 is 0. The monoisotopic (exact) mass is 182 g/mol. The molecule has 3 nitrogen and oxygen atoms in total. The summed E-state index contributed by atoms with van der Waals surface area (Å²) in [5, 5.41) is 0. The first-order chi connectivity index (χ1) is 5.86. The molecule has 2 N–H and O–H groups in total.